The normalized spacial score (nSPS) is 11.3. The summed E-state index contributed by atoms with van der Waals surface area (Å²) in [6.07, 6.45) is 0. The number of hydrogen-bond acceptors (Lipinski definition) is 4. The van der Waals surface area contributed by atoms with Crippen LogP contribution in [-0.4, -0.2) is 24.4 Å². The van der Waals surface area contributed by atoms with Gasteiger partial charge < -0.3 is 19.7 Å². The number of hydrogen-bond donors (Lipinski definition) is 2. The lowest BCUT2D eigenvalue weighted by atomic mass is 9.86. The first-order valence-corrected chi connectivity index (χ1v) is 12.8. The first-order valence-electron chi connectivity index (χ1n) is 12.8. The number of aromatic hydroxyl groups is 2. The van der Waals surface area contributed by atoms with Crippen LogP contribution in [0.4, 0.5) is 17.6 Å². The third-order valence-corrected chi connectivity index (χ3v) is 7.34. The van der Waals surface area contributed by atoms with Gasteiger partial charge in [-0.1, -0.05) is 48.5 Å². The molecule has 6 rings (SSSR count). The number of ether oxygens (including phenoxy) is 2. The highest BCUT2D eigenvalue weighted by atomic mass is 19.1. The van der Waals surface area contributed by atoms with Gasteiger partial charge in [-0.05, 0) is 33.7 Å². The van der Waals surface area contributed by atoms with Gasteiger partial charge in [-0.2, -0.15) is 0 Å². The molecular weight excluding hydrogens is 548 g/mol. The maximum Gasteiger partial charge on any atom is 0.137 e. The Morgan fingerprint density at radius 1 is 0.476 bits per heavy atom. The van der Waals surface area contributed by atoms with Gasteiger partial charge in [-0.25, -0.2) is 17.6 Å². The van der Waals surface area contributed by atoms with Gasteiger partial charge in [0, 0.05) is 46.5 Å². The van der Waals surface area contributed by atoms with Gasteiger partial charge in [0.25, 0.3) is 0 Å². The van der Waals surface area contributed by atoms with Crippen molar-refractivity contribution in [3.8, 4) is 56.4 Å². The predicted octanol–water partition coefficient (Wildman–Crippen LogP) is 8.98. The molecule has 0 aliphatic rings. The first-order chi connectivity index (χ1) is 20.2. The number of rotatable bonds is 5. The van der Waals surface area contributed by atoms with E-state index in [0.29, 0.717) is 21.5 Å². The summed E-state index contributed by atoms with van der Waals surface area (Å²) >= 11 is 0. The van der Waals surface area contributed by atoms with Gasteiger partial charge in [0.2, 0.25) is 0 Å². The Kier molecular flexibility index (Phi) is 6.61. The molecule has 0 unspecified atom stereocenters. The van der Waals surface area contributed by atoms with E-state index in [2.05, 4.69) is 0 Å². The maximum atomic E-state index is 15.3. The fourth-order valence-electron chi connectivity index (χ4n) is 5.41. The highest BCUT2D eigenvalue weighted by Crippen LogP contribution is 2.52. The van der Waals surface area contributed by atoms with E-state index in [1.807, 2.05) is 0 Å². The smallest absolute Gasteiger partial charge is 0.137 e. The minimum Gasteiger partial charge on any atom is -0.507 e. The van der Waals surface area contributed by atoms with E-state index in [4.69, 9.17) is 9.47 Å². The van der Waals surface area contributed by atoms with Gasteiger partial charge >= 0.3 is 0 Å². The molecule has 0 aromatic heterocycles. The minimum absolute atomic E-state index is 0.0302. The average Bonchev–Trinajstić information content (AvgIpc) is 2.97. The van der Waals surface area contributed by atoms with Crippen LogP contribution in [0.3, 0.4) is 0 Å². The molecule has 0 saturated carbocycles. The number of phenols is 2. The topological polar surface area (TPSA) is 58.9 Å². The van der Waals surface area contributed by atoms with Crippen LogP contribution in [0.25, 0.3) is 54.9 Å². The van der Waals surface area contributed by atoms with Crippen LogP contribution < -0.4 is 9.47 Å². The van der Waals surface area contributed by atoms with Crippen LogP contribution in [0, 0.1) is 23.3 Å². The molecule has 210 valence electrons. The minimum atomic E-state index is -0.978. The fraction of sp³-hybridized carbons (Fsp3) is 0.0588. The first kappa shape index (κ1) is 27.0. The number of fused-ring (bicyclic) bond motifs is 2. The molecule has 0 spiro atoms. The molecule has 0 radical (unpaired) electrons. The Balaban J connectivity index is 1.76. The zero-order valence-corrected chi connectivity index (χ0v) is 22.3. The highest BCUT2D eigenvalue weighted by molar-refractivity contribution is 6.14. The Morgan fingerprint density at radius 3 is 1.14 bits per heavy atom. The van der Waals surface area contributed by atoms with E-state index in [1.54, 1.807) is 48.5 Å². The van der Waals surface area contributed by atoms with Crippen molar-refractivity contribution in [3.63, 3.8) is 0 Å². The molecule has 0 aliphatic carbocycles. The molecular formula is C34H22F4O4. The second kappa shape index (κ2) is 10.3. The summed E-state index contributed by atoms with van der Waals surface area (Å²) in [6.45, 7) is 0. The van der Waals surface area contributed by atoms with Crippen LogP contribution >= 0.6 is 0 Å². The third kappa shape index (κ3) is 4.23. The van der Waals surface area contributed by atoms with Gasteiger partial charge in [-0.15, -0.1) is 0 Å². The van der Waals surface area contributed by atoms with E-state index >= 15 is 17.6 Å². The molecule has 6 aromatic carbocycles. The predicted molar refractivity (Wildman–Crippen MR) is 154 cm³/mol. The molecule has 0 fully saturated rings. The van der Waals surface area contributed by atoms with Crippen LogP contribution in [0.1, 0.15) is 0 Å². The van der Waals surface area contributed by atoms with Crippen molar-refractivity contribution < 1.29 is 37.2 Å². The Hall–Kier alpha value is -5.24. The molecule has 0 bridgehead atoms. The van der Waals surface area contributed by atoms with Crippen molar-refractivity contribution in [3.05, 3.63) is 108 Å². The second-order valence-corrected chi connectivity index (χ2v) is 9.67. The molecule has 8 heteroatoms. The van der Waals surface area contributed by atoms with Crippen molar-refractivity contribution in [2.45, 2.75) is 0 Å². The van der Waals surface area contributed by atoms with E-state index in [9.17, 15) is 10.2 Å². The lowest BCUT2D eigenvalue weighted by Crippen LogP contribution is -1.97. The summed E-state index contributed by atoms with van der Waals surface area (Å²) in [7, 11) is 2.55. The highest BCUT2D eigenvalue weighted by Gasteiger charge is 2.27. The van der Waals surface area contributed by atoms with E-state index in [1.165, 1.54) is 26.4 Å². The Morgan fingerprint density at radius 2 is 0.810 bits per heavy atom. The van der Waals surface area contributed by atoms with Gasteiger partial charge in [-0.3, -0.25) is 0 Å². The van der Waals surface area contributed by atoms with E-state index in [-0.39, 0.29) is 33.8 Å². The summed E-state index contributed by atoms with van der Waals surface area (Å²) in [6, 6.07) is 20.4. The zero-order valence-electron chi connectivity index (χ0n) is 22.3. The van der Waals surface area contributed by atoms with Gasteiger partial charge in [0.05, 0.1) is 25.3 Å². The molecule has 6 aromatic rings. The van der Waals surface area contributed by atoms with E-state index < -0.39 is 45.9 Å². The zero-order chi connectivity index (χ0) is 29.7. The molecule has 0 amide bonds. The molecule has 2 N–H and O–H groups in total. The fourth-order valence-corrected chi connectivity index (χ4v) is 5.41. The van der Waals surface area contributed by atoms with Crippen molar-refractivity contribution >= 4 is 21.5 Å². The number of phenolic OH excluding ortho intramolecular Hbond substituents is 2. The van der Waals surface area contributed by atoms with E-state index in [0.717, 1.165) is 24.3 Å². The van der Waals surface area contributed by atoms with Crippen LogP contribution in [0.5, 0.6) is 23.0 Å². The molecule has 0 aliphatic heterocycles. The Bertz CT molecular complexity index is 1840. The summed E-state index contributed by atoms with van der Waals surface area (Å²) in [4.78, 5) is 0. The average molecular weight is 571 g/mol. The molecule has 0 heterocycles. The van der Waals surface area contributed by atoms with Crippen molar-refractivity contribution in [2.75, 3.05) is 14.2 Å². The van der Waals surface area contributed by atoms with Crippen molar-refractivity contribution in [2.24, 2.45) is 0 Å². The largest absolute Gasteiger partial charge is 0.507 e. The van der Waals surface area contributed by atoms with Gasteiger partial charge in [0.1, 0.15) is 46.3 Å². The Labute approximate surface area is 237 Å². The summed E-state index contributed by atoms with van der Waals surface area (Å²) < 4.78 is 71.1. The number of methoxy groups -OCH3 is 2. The van der Waals surface area contributed by atoms with Crippen LogP contribution in [0.2, 0.25) is 0 Å². The third-order valence-electron chi connectivity index (χ3n) is 7.34. The summed E-state index contributed by atoms with van der Waals surface area (Å²) in [5, 5.41) is 25.3. The summed E-state index contributed by atoms with van der Waals surface area (Å²) in [5.41, 5.74) is -1.32. The lowest BCUT2D eigenvalue weighted by molar-refractivity contribution is 0.407. The number of halogens is 4. The SMILES string of the molecule is COc1cc(F)c(-c2cc3ccccc3c(-c3c(O)c(-c4c(F)cc(OC)cc4F)cc4ccccc34)c2O)c(F)c1. The van der Waals surface area contributed by atoms with Crippen LogP contribution in [-0.2, 0) is 0 Å². The standard InChI is InChI=1S/C34H22F4O4/c1-41-19-13-25(35)29(26(36)14-19)23-11-17-7-3-5-9-21(17)31(33(23)39)32-22-10-6-4-8-18(22)12-24(34(32)40)30-27(37)15-20(42-2)16-28(30)38/h3-16,39-40H,1-2H3. The lowest BCUT2D eigenvalue weighted by Gasteiger charge is -2.20. The van der Waals surface area contributed by atoms with Crippen molar-refractivity contribution in [1.29, 1.82) is 0 Å². The molecule has 0 atom stereocenters. The second-order valence-electron chi connectivity index (χ2n) is 9.67. The maximum absolute atomic E-state index is 15.3. The molecule has 42 heavy (non-hydrogen) atoms. The summed E-state index contributed by atoms with van der Waals surface area (Å²) in [5.74, 6) is -5.08. The van der Waals surface area contributed by atoms with Gasteiger partial charge in [0.15, 0.2) is 0 Å². The quantitative estimate of drug-likeness (QED) is 0.203. The number of benzene rings is 6. The molecule has 4 nitrogen and oxygen atoms in total. The molecule has 0 saturated heterocycles. The van der Waals surface area contributed by atoms with Crippen LogP contribution in [0.15, 0.2) is 84.9 Å². The van der Waals surface area contributed by atoms with Crippen molar-refractivity contribution in [1.82, 2.24) is 0 Å². The monoisotopic (exact) mass is 570 g/mol.